The number of anilines is 1. The molecule has 0 atom stereocenters. The molecule has 0 saturated carbocycles. The number of fused-ring (bicyclic) bond motifs is 1. The number of amides is 1. The van der Waals surface area contributed by atoms with Crippen molar-refractivity contribution in [3.63, 3.8) is 0 Å². The highest BCUT2D eigenvalue weighted by atomic mass is 16.5. The van der Waals surface area contributed by atoms with Crippen molar-refractivity contribution in [3.05, 3.63) is 65.9 Å². The zero-order valence-electron chi connectivity index (χ0n) is 21.4. The molecular formula is C30H38N4O2. The Labute approximate surface area is 214 Å². The number of likely N-dealkylation sites (tertiary alicyclic amines) is 2. The van der Waals surface area contributed by atoms with Gasteiger partial charge in [0, 0.05) is 23.3 Å². The highest BCUT2D eigenvalue weighted by Crippen LogP contribution is 2.26. The van der Waals surface area contributed by atoms with Gasteiger partial charge in [0.1, 0.15) is 12.4 Å². The number of benzene rings is 2. The summed E-state index contributed by atoms with van der Waals surface area (Å²) in [4.78, 5) is 21.7. The maximum atomic E-state index is 12.4. The van der Waals surface area contributed by atoms with Gasteiger partial charge in [-0.15, -0.1) is 0 Å². The zero-order chi connectivity index (χ0) is 24.7. The SMILES string of the molecule is Cc1ccc2c(OCCN3CCC(Cc4cccc(NC(=O)CN5CCCC5)c4)CC3)cccc2n1. The Kier molecular flexibility index (Phi) is 8.14. The molecule has 5 rings (SSSR count). The van der Waals surface area contributed by atoms with Crippen LogP contribution in [0.5, 0.6) is 5.75 Å². The third-order valence-electron chi connectivity index (χ3n) is 7.50. The van der Waals surface area contributed by atoms with E-state index in [4.69, 9.17) is 4.74 Å². The van der Waals surface area contributed by atoms with Crippen LogP contribution in [-0.2, 0) is 11.2 Å². The van der Waals surface area contributed by atoms with Gasteiger partial charge in [-0.25, -0.2) is 0 Å². The number of hydrogen-bond acceptors (Lipinski definition) is 5. The predicted octanol–water partition coefficient (Wildman–Crippen LogP) is 4.91. The van der Waals surface area contributed by atoms with Crippen molar-refractivity contribution >= 4 is 22.5 Å². The molecule has 1 aromatic heterocycles. The lowest BCUT2D eigenvalue weighted by Crippen LogP contribution is -2.37. The molecule has 0 unspecified atom stereocenters. The van der Waals surface area contributed by atoms with Crippen LogP contribution in [0.15, 0.2) is 54.6 Å². The lowest BCUT2D eigenvalue weighted by atomic mass is 9.90. The number of carbonyl (C=O) groups is 1. The van der Waals surface area contributed by atoms with E-state index in [-0.39, 0.29) is 5.91 Å². The fourth-order valence-corrected chi connectivity index (χ4v) is 5.51. The third-order valence-corrected chi connectivity index (χ3v) is 7.50. The monoisotopic (exact) mass is 486 g/mol. The van der Waals surface area contributed by atoms with E-state index >= 15 is 0 Å². The smallest absolute Gasteiger partial charge is 0.238 e. The second-order valence-electron chi connectivity index (χ2n) is 10.3. The first-order valence-electron chi connectivity index (χ1n) is 13.4. The molecule has 2 aromatic carbocycles. The third kappa shape index (κ3) is 6.62. The summed E-state index contributed by atoms with van der Waals surface area (Å²) in [6.07, 6.45) is 5.88. The molecule has 6 nitrogen and oxygen atoms in total. The minimum absolute atomic E-state index is 0.0967. The van der Waals surface area contributed by atoms with E-state index in [1.54, 1.807) is 0 Å². The molecule has 2 aliphatic heterocycles. The van der Waals surface area contributed by atoms with Crippen molar-refractivity contribution in [1.29, 1.82) is 0 Å². The standard InChI is InChI=1S/C30H38N4O2/c1-23-10-11-27-28(31-23)8-5-9-29(27)36-19-18-33-16-12-24(13-17-33)20-25-6-4-7-26(21-25)32-30(35)22-34-14-2-3-15-34/h4-11,21,24H,2-3,12-20,22H2,1H3,(H,32,35). The van der Waals surface area contributed by atoms with E-state index in [1.807, 2.05) is 37.3 Å². The number of nitrogens with zero attached hydrogens (tertiary/aromatic N) is 3. The number of ether oxygens (including phenoxy) is 1. The normalized spacial score (nSPS) is 17.5. The second kappa shape index (κ2) is 11.8. The van der Waals surface area contributed by atoms with Gasteiger partial charge in [-0.05, 0) is 113 Å². The van der Waals surface area contributed by atoms with Crippen molar-refractivity contribution in [2.24, 2.45) is 5.92 Å². The first-order chi connectivity index (χ1) is 17.6. The fourth-order valence-electron chi connectivity index (χ4n) is 5.51. The molecule has 1 N–H and O–H groups in total. The van der Waals surface area contributed by atoms with Gasteiger partial charge in [-0.2, -0.15) is 0 Å². The van der Waals surface area contributed by atoms with Gasteiger partial charge in [0.25, 0.3) is 0 Å². The van der Waals surface area contributed by atoms with Crippen molar-refractivity contribution in [2.75, 3.05) is 51.2 Å². The number of rotatable bonds is 9. The van der Waals surface area contributed by atoms with Crippen molar-refractivity contribution in [1.82, 2.24) is 14.8 Å². The Bertz CT molecular complexity index is 1170. The van der Waals surface area contributed by atoms with Crippen LogP contribution in [0.2, 0.25) is 0 Å². The van der Waals surface area contributed by atoms with E-state index in [2.05, 4.69) is 44.4 Å². The molecule has 0 aliphatic carbocycles. The summed E-state index contributed by atoms with van der Waals surface area (Å²) in [6.45, 7) is 8.45. The first-order valence-corrected chi connectivity index (χ1v) is 13.4. The van der Waals surface area contributed by atoms with Crippen LogP contribution in [0.3, 0.4) is 0 Å². The number of pyridine rings is 1. The van der Waals surface area contributed by atoms with Crippen LogP contribution in [0, 0.1) is 12.8 Å². The van der Waals surface area contributed by atoms with Gasteiger partial charge in [0.15, 0.2) is 0 Å². The summed E-state index contributed by atoms with van der Waals surface area (Å²) >= 11 is 0. The molecule has 0 radical (unpaired) electrons. The van der Waals surface area contributed by atoms with Gasteiger partial charge in [0.2, 0.25) is 5.91 Å². The van der Waals surface area contributed by atoms with E-state index < -0.39 is 0 Å². The van der Waals surface area contributed by atoms with E-state index in [0.717, 1.165) is 67.2 Å². The fraction of sp³-hybridized carbons (Fsp3) is 0.467. The van der Waals surface area contributed by atoms with Crippen LogP contribution in [0.25, 0.3) is 10.9 Å². The summed E-state index contributed by atoms with van der Waals surface area (Å²) in [5, 5.41) is 4.18. The number of carbonyl (C=O) groups excluding carboxylic acids is 1. The van der Waals surface area contributed by atoms with Crippen LogP contribution < -0.4 is 10.1 Å². The molecule has 6 heteroatoms. The van der Waals surface area contributed by atoms with Crippen LogP contribution >= 0.6 is 0 Å². The highest BCUT2D eigenvalue weighted by Gasteiger charge is 2.20. The van der Waals surface area contributed by atoms with Crippen LogP contribution in [0.1, 0.15) is 36.9 Å². The molecule has 3 heterocycles. The molecule has 190 valence electrons. The Morgan fingerprint density at radius 1 is 1.00 bits per heavy atom. The summed E-state index contributed by atoms with van der Waals surface area (Å²) in [5.74, 6) is 1.70. The topological polar surface area (TPSA) is 57.7 Å². The van der Waals surface area contributed by atoms with E-state index in [0.29, 0.717) is 19.1 Å². The average molecular weight is 487 g/mol. The lowest BCUT2D eigenvalue weighted by molar-refractivity contribution is -0.117. The summed E-state index contributed by atoms with van der Waals surface area (Å²) in [6, 6.07) is 18.7. The molecule has 2 fully saturated rings. The molecule has 3 aromatic rings. The molecule has 0 spiro atoms. The van der Waals surface area contributed by atoms with Crippen molar-refractivity contribution in [2.45, 2.75) is 39.0 Å². The Balaban J connectivity index is 1.05. The molecule has 2 aliphatic rings. The maximum absolute atomic E-state index is 12.4. The number of hydrogen-bond donors (Lipinski definition) is 1. The number of nitrogens with one attached hydrogen (secondary N) is 1. The summed E-state index contributed by atoms with van der Waals surface area (Å²) < 4.78 is 6.15. The maximum Gasteiger partial charge on any atom is 0.238 e. The summed E-state index contributed by atoms with van der Waals surface area (Å²) in [5.41, 5.74) is 4.25. The molecular weight excluding hydrogens is 448 g/mol. The first kappa shape index (κ1) is 24.7. The number of piperidine rings is 1. The van der Waals surface area contributed by atoms with Crippen LogP contribution in [-0.4, -0.2) is 66.6 Å². The van der Waals surface area contributed by atoms with Gasteiger partial charge >= 0.3 is 0 Å². The number of aryl methyl sites for hydroxylation is 1. The Hall–Kier alpha value is -2.96. The second-order valence-corrected chi connectivity index (χ2v) is 10.3. The largest absolute Gasteiger partial charge is 0.492 e. The Morgan fingerprint density at radius 2 is 1.81 bits per heavy atom. The lowest BCUT2D eigenvalue weighted by Gasteiger charge is -2.32. The molecule has 36 heavy (non-hydrogen) atoms. The minimum Gasteiger partial charge on any atom is -0.492 e. The van der Waals surface area contributed by atoms with Gasteiger partial charge in [0.05, 0.1) is 12.1 Å². The minimum atomic E-state index is 0.0967. The van der Waals surface area contributed by atoms with Crippen molar-refractivity contribution in [3.8, 4) is 5.75 Å². The molecule has 2 saturated heterocycles. The van der Waals surface area contributed by atoms with Gasteiger partial charge < -0.3 is 10.1 Å². The molecule has 1 amide bonds. The number of aromatic nitrogens is 1. The average Bonchev–Trinajstić information content (AvgIpc) is 3.38. The Morgan fingerprint density at radius 3 is 2.64 bits per heavy atom. The van der Waals surface area contributed by atoms with E-state index in [1.165, 1.54) is 31.2 Å². The van der Waals surface area contributed by atoms with Gasteiger partial charge in [-0.3, -0.25) is 19.6 Å². The predicted molar refractivity (Wildman–Crippen MR) is 146 cm³/mol. The quantitative estimate of drug-likeness (QED) is 0.466. The zero-order valence-corrected chi connectivity index (χ0v) is 21.4. The van der Waals surface area contributed by atoms with Gasteiger partial charge in [-0.1, -0.05) is 18.2 Å². The van der Waals surface area contributed by atoms with E-state index in [9.17, 15) is 4.79 Å². The molecule has 0 bridgehead atoms. The van der Waals surface area contributed by atoms with Crippen molar-refractivity contribution < 1.29 is 9.53 Å². The highest BCUT2D eigenvalue weighted by molar-refractivity contribution is 5.92. The van der Waals surface area contributed by atoms with Crippen LogP contribution in [0.4, 0.5) is 5.69 Å². The summed E-state index contributed by atoms with van der Waals surface area (Å²) in [7, 11) is 0.